The van der Waals surface area contributed by atoms with E-state index in [-0.39, 0.29) is 19.8 Å². The maximum atomic E-state index is 12.2. The van der Waals surface area contributed by atoms with Crippen LogP contribution in [-0.4, -0.2) is 32.9 Å². The molecule has 0 radical (unpaired) electrons. The first kappa shape index (κ1) is 11.5. The smallest absolute Gasteiger partial charge is 0.199 e. The second-order valence-corrected chi connectivity index (χ2v) is 8.48. The largest absolute Gasteiger partial charge is 0.378 e. The SMILES string of the molecule is NCC1(S(=O)(=O)c2ccc(Br)s2)COC1. The molecule has 1 aromatic heterocycles. The first-order chi connectivity index (χ1) is 7.02. The highest BCUT2D eigenvalue weighted by molar-refractivity contribution is 9.11. The fraction of sp³-hybridized carbons (Fsp3) is 0.500. The molecule has 1 aliphatic rings. The topological polar surface area (TPSA) is 69.4 Å². The van der Waals surface area contributed by atoms with Gasteiger partial charge in [0.05, 0.1) is 17.0 Å². The summed E-state index contributed by atoms with van der Waals surface area (Å²) in [6, 6.07) is 3.32. The third kappa shape index (κ3) is 1.66. The number of sulfone groups is 1. The number of halogens is 1. The molecular weight excluding hydrogens is 302 g/mol. The van der Waals surface area contributed by atoms with Gasteiger partial charge in [-0.25, -0.2) is 8.42 Å². The molecule has 1 aromatic rings. The molecule has 1 saturated heterocycles. The summed E-state index contributed by atoms with van der Waals surface area (Å²) in [5.74, 6) is 0. The van der Waals surface area contributed by atoms with Gasteiger partial charge < -0.3 is 10.5 Å². The van der Waals surface area contributed by atoms with Crippen molar-refractivity contribution in [3.05, 3.63) is 15.9 Å². The number of hydrogen-bond donors (Lipinski definition) is 1. The van der Waals surface area contributed by atoms with Gasteiger partial charge in [0, 0.05) is 6.54 Å². The molecule has 1 fully saturated rings. The molecular formula is C8H10BrNO3S2. The molecule has 0 spiro atoms. The van der Waals surface area contributed by atoms with E-state index in [1.807, 2.05) is 0 Å². The molecule has 84 valence electrons. The minimum Gasteiger partial charge on any atom is -0.378 e. The number of ether oxygens (including phenoxy) is 1. The van der Waals surface area contributed by atoms with Crippen molar-refractivity contribution in [3.8, 4) is 0 Å². The molecule has 4 nitrogen and oxygen atoms in total. The fourth-order valence-electron chi connectivity index (χ4n) is 1.37. The maximum absolute atomic E-state index is 12.2. The lowest BCUT2D eigenvalue weighted by atomic mass is 10.1. The van der Waals surface area contributed by atoms with Crippen LogP contribution in [0, 0.1) is 0 Å². The Morgan fingerprint density at radius 3 is 2.53 bits per heavy atom. The third-order valence-corrected chi connectivity index (χ3v) is 7.02. The zero-order valence-corrected chi connectivity index (χ0v) is 11.0. The van der Waals surface area contributed by atoms with Crippen LogP contribution >= 0.6 is 27.3 Å². The van der Waals surface area contributed by atoms with Crippen molar-refractivity contribution < 1.29 is 13.2 Å². The number of nitrogens with two attached hydrogens (primary N) is 1. The van der Waals surface area contributed by atoms with E-state index in [4.69, 9.17) is 10.5 Å². The number of thiophene rings is 1. The summed E-state index contributed by atoms with van der Waals surface area (Å²) in [6.45, 7) is 0.494. The molecule has 0 aromatic carbocycles. The Morgan fingerprint density at radius 1 is 1.53 bits per heavy atom. The van der Waals surface area contributed by atoms with Crippen molar-refractivity contribution in [3.63, 3.8) is 0 Å². The average molecular weight is 312 g/mol. The van der Waals surface area contributed by atoms with E-state index in [1.54, 1.807) is 12.1 Å². The van der Waals surface area contributed by atoms with Crippen LogP contribution in [-0.2, 0) is 14.6 Å². The van der Waals surface area contributed by atoms with Gasteiger partial charge >= 0.3 is 0 Å². The van der Waals surface area contributed by atoms with Crippen molar-refractivity contribution in [1.82, 2.24) is 0 Å². The quantitative estimate of drug-likeness (QED) is 0.904. The van der Waals surface area contributed by atoms with E-state index >= 15 is 0 Å². The Balaban J connectivity index is 2.43. The van der Waals surface area contributed by atoms with Gasteiger partial charge in [0.2, 0.25) is 0 Å². The predicted molar refractivity (Wildman–Crippen MR) is 61.8 cm³/mol. The van der Waals surface area contributed by atoms with Gasteiger partial charge in [0.1, 0.15) is 8.96 Å². The summed E-state index contributed by atoms with van der Waals surface area (Å²) in [5.41, 5.74) is 5.53. The van der Waals surface area contributed by atoms with Crippen LogP contribution in [0.15, 0.2) is 20.1 Å². The molecule has 15 heavy (non-hydrogen) atoms. The van der Waals surface area contributed by atoms with Gasteiger partial charge in [-0.2, -0.15) is 0 Å². The Hall–Kier alpha value is 0.0500. The van der Waals surface area contributed by atoms with Gasteiger partial charge in [-0.1, -0.05) is 0 Å². The van der Waals surface area contributed by atoms with Crippen molar-refractivity contribution in [2.75, 3.05) is 19.8 Å². The van der Waals surface area contributed by atoms with Gasteiger partial charge in [0.25, 0.3) is 0 Å². The number of hydrogen-bond acceptors (Lipinski definition) is 5. The van der Waals surface area contributed by atoms with Gasteiger partial charge in [-0.05, 0) is 28.1 Å². The Morgan fingerprint density at radius 2 is 2.20 bits per heavy atom. The molecule has 2 heterocycles. The zero-order valence-electron chi connectivity index (χ0n) is 7.77. The molecule has 0 bridgehead atoms. The lowest BCUT2D eigenvalue weighted by Gasteiger charge is -2.38. The van der Waals surface area contributed by atoms with Crippen LogP contribution in [0.5, 0.6) is 0 Å². The van der Waals surface area contributed by atoms with Gasteiger partial charge in [-0.3, -0.25) is 0 Å². The lowest BCUT2D eigenvalue weighted by molar-refractivity contribution is -0.00915. The summed E-state index contributed by atoms with van der Waals surface area (Å²) in [7, 11) is -3.35. The van der Waals surface area contributed by atoms with E-state index in [2.05, 4.69) is 15.9 Å². The highest BCUT2D eigenvalue weighted by Gasteiger charge is 2.50. The molecule has 7 heteroatoms. The second kappa shape index (κ2) is 3.81. The van der Waals surface area contributed by atoms with Crippen LogP contribution in [0.4, 0.5) is 0 Å². The van der Waals surface area contributed by atoms with E-state index in [9.17, 15) is 8.42 Å². The third-order valence-electron chi connectivity index (χ3n) is 2.49. The van der Waals surface area contributed by atoms with Crippen LogP contribution in [0.1, 0.15) is 0 Å². The minimum absolute atomic E-state index is 0.102. The van der Waals surface area contributed by atoms with Gasteiger partial charge in [0.15, 0.2) is 9.84 Å². The lowest BCUT2D eigenvalue weighted by Crippen LogP contribution is -2.60. The molecule has 0 saturated carbocycles. The summed E-state index contributed by atoms with van der Waals surface area (Å²) in [4.78, 5) is 0. The van der Waals surface area contributed by atoms with Crippen LogP contribution in [0.3, 0.4) is 0 Å². The van der Waals surface area contributed by atoms with Gasteiger partial charge in [-0.15, -0.1) is 11.3 Å². The molecule has 0 aliphatic carbocycles. The summed E-state index contributed by atoms with van der Waals surface area (Å²) < 4.78 is 29.6. The predicted octanol–water partition coefficient (Wildman–Crippen LogP) is 1.01. The number of rotatable bonds is 3. The fourth-order valence-corrected chi connectivity index (χ4v) is 5.42. The van der Waals surface area contributed by atoms with Crippen molar-refractivity contribution in [2.24, 2.45) is 5.73 Å². The molecule has 2 N–H and O–H groups in total. The van der Waals surface area contributed by atoms with E-state index in [1.165, 1.54) is 11.3 Å². The van der Waals surface area contributed by atoms with Crippen molar-refractivity contribution in [1.29, 1.82) is 0 Å². The monoisotopic (exact) mass is 311 g/mol. The van der Waals surface area contributed by atoms with Crippen molar-refractivity contribution >= 4 is 37.1 Å². The molecule has 0 amide bonds. The molecule has 0 unspecified atom stereocenters. The maximum Gasteiger partial charge on any atom is 0.199 e. The van der Waals surface area contributed by atoms with Crippen LogP contribution < -0.4 is 5.73 Å². The summed E-state index contributed by atoms with van der Waals surface area (Å²) in [6.07, 6.45) is 0. The Kier molecular flexibility index (Phi) is 2.93. The summed E-state index contributed by atoms with van der Waals surface area (Å²) in [5, 5.41) is 0. The summed E-state index contributed by atoms with van der Waals surface area (Å²) >= 11 is 4.45. The highest BCUT2D eigenvalue weighted by Crippen LogP contribution is 2.36. The average Bonchev–Trinajstić information content (AvgIpc) is 2.50. The molecule has 2 rings (SSSR count). The van der Waals surface area contributed by atoms with E-state index < -0.39 is 14.6 Å². The standard InChI is InChI=1S/C8H10BrNO3S2/c9-6-1-2-7(14-6)15(11,12)8(3-10)4-13-5-8/h1-2H,3-5,10H2. The van der Waals surface area contributed by atoms with Crippen LogP contribution in [0.2, 0.25) is 0 Å². The zero-order chi connectivity index (χ0) is 11.1. The Labute approximate surface area is 100 Å². The normalized spacial score (nSPS) is 19.9. The van der Waals surface area contributed by atoms with E-state index in [0.29, 0.717) is 4.21 Å². The highest BCUT2D eigenvalue weighted by atomic mass is 79.9. The van der Waals surface area contributed by atoms with E-state index in [0.717, 1.165) is 3.79 Å². The second-order valence-electron chi connectivity index (χ2n) is 3.44. The minimum atomic E-state index is -3.35. The first-order valence-electron chi connectivity index (χ1n) is 4.30. The Bertz CT molecular complexity index is 458. The molecule has 1 aliphatic heterocycles. The van der Waals surface area contributed by atoms with Crippen LogP contribution in [0.25, 0.3) is 0 Å². The van der Waals surface area contributed by atoms with Crippen molar-refractivity contribution in [2.45, 2.75) is 8.96 Å². The first-order valence-corrected chi connectivity index (χ1v) is 7.39. The molecule has 0 atom stereocenters.